The summed E-state index contributed by atoms with van der Waals surface area (Å²) in [5.74, 6) is 0.278. The Morgan fingerprint density at radius 2 is 2.00 bits per heavy atom. The lowest BCUT2D eigenvalue weighted by Crippen LogP contribution is -2.48. The minimum Gasteiger partial charge on any atom is -0.376 e. The summed E-state index contributed by atoms with van der Waals surface area (Å²) in [6.07, 6.45) is 0.189. The van der Waals surface area contributed by atoms with E-state index in [1.807, 2.05) is 32.0 Å². The molecule has 0 radical (unpaired) electrons. The molecule has 20 heavy (non-hydrogen) atoms. The van der Waals surface area contributed by atoms with Crippen LogP contribution in [0, 0.1) is 11.8 Å². The Hall–Kier alpha value is -0.900. The summed E-state index contributed by atoms with van der Waals surface area (Å²) < 4.78 is 17.5. The summed E-state index contributed by atoms with van der Waals surface area (Å²) in [6, 6.07) is 10.3. The minimum atomic E-state index is -0.481. The van der Waals surface area contributed by atoms with Crippen LogP contribution in [0.3, 0.4) is 0 Å². The van der Waals surface area contributed by atoms with Gasteiger partial charge in [-0.05, 0) is 19.4 Å². The molecule has 0 unspecified atom stereocenters. The second-order valence-electron chi connectivity index (χ2n) is 6.25. The van der Waals surface area contributed by atoms with Crippen molar-refractivity contribution in [2.24, 2.45) is 11.8 Å². The van der Waals surface area contributed by atoms with Crippen molar-refractivity contribution in [1.82, 2.24) is 0 Å². The van der Waals surface area contributed by atoms with Crippen LogP contribution in [0.5, 0.6) is 0 Å². The van der Waals surface area contributed by atoms with Crippen molar-refractivity contribution in [1.29, 1.82) is 0 Å². The van der Waals surface area contributed by atoms with E-state index < -0.39 is 5.79 Å². The molecular formula is C17H26O3. The van der Waals surface area contributed by atoms with Crippen molar-refractivity contribution in [3.63, 3.8) is 0 Å². The molecule has 0 aliphatic carbocycles. The second-order valence-corrected chi connectivity index (χ2v) is 6.25. The third-order valence-electron chi connectivity index (χ3n) is 3.73. The van der Waals surface area contributed by atoms with Gasteiger partial charge in [0.15, 0.2) is 5.79 Å². The van der Waals surface area contributed by atoms with Crippen LogP contribution >= 0.6 is 0 Å². The van der Waals surface area contributed by atoms with E-state index in [2.05, 4.69) is 26.0 Å². The first-order chi connectivity index (χ1) is 9.48. The Balaban J connectivity index is 1.80. The summed E-state index contributed by atoms with van der Waals surface area (Å²) in [5, 5.41) is 0. The van der Waals surface area contributed by atoms with Gasteiger partial charge in [-0.25, -0.2) is 0 Å². The molecule has 0 amide bonds. The molecule has 3 atom stereocenters. The van der Waals surface area contributed by atoms with Crippen molar-refractivity contribution in [3.8, 4) is 0 Å². The molecule has 0 bridgehead atoms. The van der Waals surface area contributed by atoms with Gasteiger partial charge in [0.25, 0.3) is 0 Å². The van der Waals surface area contributed by atoms with E-state index in [-0.39, 0.29) is 6.10 Å². The van der Waals surface area contributed by atoms with Crippen LogP contribution in [0.1, 0.15) is 33.3 Å². The molecular weight excluding hydrogens is 252 g/mol. The topological polar surface area (TPSA) is 27.7 Å². The smallest absolute Gasteiger partial charge is 0.163 e. The SMILES string of the molecule is C[C@H](COCc1ccccc1)[C@H]1OC(C)(C)OC[C@H]1C. The number of benzene rings is 1. The summed E-state index contributed by atoms with van der Waals surface area (Å²) in [4.78, 5) is 0. The van der Waals surface area contributed by atoms with Crippen LogP contribution in [0.4, 0.5) is 0 Å². The molecule has 0 aromatic heterocycles. The normalized spacial score (nSPS) is 27.2. The first-order valence-corrected chi connectivity index (χ1v) is 7.41. The van der Waals surface area contributed by atoms with E-state index in [9.17, 15) is 0 Å². The summed E-state index contributed by atoms with van der Waals surface area (Å²) in [6.45, 7) is 10.4. The Labute approximate surface area is 122 Å². The van der Waals surface area contributed by atoms with Crippen molar-refractivity contribution < 1.29 is 14.2 Å². The molecule has 0 N–H and O–H groups in total. The molecule has 112 valence electrons. The molecule has 2 rings (SSSR count). The van der Waals surface area contributed by atoms with E-state index in [4.69, 9.17) is 14.2 Å². The maximum Gasteiger partial charge on any atom is 0.163 e. The molecule has 1 aliphatic rings. The van der Waals surface area contributed by atoms with Crippen molar-refractivity contribution >= 4 is 0 Å². The molecule has 1 fully saturated rings. The standard InChI is InChI=1S/C17H26O3/c1-13(10-18-12-15-8-6-5-7-9-15)16-14(2)11-19-17(3,4)20-16/h5-9,13-14,16H,10-12H2,1-4H3/t13-,14-,16-/m1/s1. The molecule has 1 aromatic carbocycles. The fourth-order valence-electron chi connectivity index (χ4n) is 2.61. The summed E-state index contributed by atoms with van der Waals surface area (Å²) in [5.41, 5.74) is 1.21. The van der Waals surface area contributed by atoms with Crippen LogP contribution in [0.2, 0.25) is 0 Å². The first-order valence-electron chi connectivity index (χ1n) is 7.41. The van der Waals surface area contributed by atoms with E-state index in [0.29, 0.717) is 25.0 Å². The van der Waals surface area contributed by atoms with Crippen LogP contribution < -0.4 is 0 Å². The molecule has 0 spiro atoms. The number of hydrogen-bond donors (Lipinski definition) is 0. The predicted molar refractivity (Wildman–Crippen MR) is 79.3 cm³/mol. The Morgan fingerprint density at radius 1 is 1.30 bits per heavy atom. The van der Waals surface area contributed by atoms with Crippen molar-refractivity contribution in [2.75, 3.05) is 13.2 Å². The van der Waals surface area contributed by atoms with Gasteiger partial charge >= 0.3 is 0 Å². The highest BCUT2D eigenvalue weighted by Gasteiger charge is 2.37. The number of ether oxygens (including phenoxy) is 3. The summed E-state index contributed by atoms with van der Waals surface area (Å²) >= 11 is 0. The highest BCUT2D eigenvalue weighted by atomic mass is 16.7. The zero-order valence-electron chi connectivity index (χ0n) is 13.0. The van der Waals surface area contributed by atoms with Crippen LogP contribution in [-0.2, 0) is 20.8 Å². The second kappa shape index (κ2) is 6.70. The lowest BCUT2D eigenvalue weighted by atomic mass is 9.93. The molecule has 1 heterocycles. The Bertz CT molecular complexity index is 402. The molecule has 1 saturated heterocycles. The van der Waals surface area contributed by atoms with Gasteiger partial charge in [-0.2, -0.15) is 0 Å². The molecule has 1 aliphatic heterocycles. The monoisotopic (exact) mass is 278 g/mol. The van der Waals surface area contributed by atoms with Gasteiger partial charge in [-0.1, -0.05) is 44.2 Å². The average molecular weight is 278 g/mol. The minimum absolute atomic E-state index is 0.189. The largest absolute Gasteiger partial charge is 0.376 e. The van der Waals surface area contributed by atoms with Gasteiger partial charge in [0.1, 0.15) is 0 Å². The zero-order chi connectivity index (χ0) is 14.6. The van der Waals surface area contributed by atoms with Gasteiger partial charge in [0, 0.05) is 11.8 Å². The number of rotatable bonds is 5. The van der Waals surface area contributed by atoms with Gasteiger partial charge in [-0.3, -0.25) is 0 Å². The van der Waals surface area contributed by atoms with Gasteiger partial charge < -0.3 is 14.2 Å². The van der Waals surface area contributed by atoms with E-state index in [0.717, 1.165) is 6.61 Å². The van der Waals surface area contributed by atoms with Crippen LogP contribution in [0.15, 0.2) is 30.3 Å². The molecule has 3 nitrogen and oxygen atoms in total. The molecule has 3 heteroatoms. The van der Waals surface area contributed by atoms with Gasteiger partial charge in [-0.15, -0.1) is 0 Å². The highest BCUT2D eigenvalue weighted by Crippen LogP contribution is 2.30. The maximum atomic E-state index is 6.05. The molecule has 1 aromatic rings. The lowest BCUT2D eigenvalue weighted by Gasteiger charge is -2.42. The predicted octanol–water partition coefficient (Wildman–Crippen LogP) is 3.63. The first kappa shape index (κ1) is 15.5. The van der Waals surface area contributed by atoms with Crippen molar-refractivity contribution in [2.45, 2.75) is 46.2 Å². The van der Waals surface area contributed by atoms with Crippen LogP contribution in [-0.4, -0.2) is 25.1 Å². The van der Waals surface area contributed by atoms with E-state index in [1.165, 1.54) is 5.56 Å². The zero-order valence-corrected chi connectivity index (χ0v) is 13.0. The molecule has 0 saturated carbocycles. The van der Waals surface area contributed by atoms with E-state index in [1.54, 1.807) is 0 Å². The van der Waals surface area contributed by atoms with Gasteiger partial charge in [0.2, 0.25) is 0 Å². The Kier molecular flexibility index (Phi) is 5.19. The summed E-state index contributed by atoms with van der Waals surface area (Å²) in [7, 11) is 0. The quantitative estimate of drug-likeness (QED) is 0.823. The lowest BCUT2D eigenvalue weighted by molar-refractivity contribution is -0.301. The number of hydrogen-bond acceptors (Lipinski definition) is 3. The van der Waals surface area contributed by atoms with E-state index >= 15 is 0 Å². The third-order valence-corrected chi connectivity index (χ3v) is 3.73. The van der Waals surface area contributed by atoms with Crippen molar-refractivity contribution in [3.05, 3.63) is 35.9 Å². The fourth-order valence-corrected chi connectivity index (χ4v) is 2.61. The van der Waals surface area contributed by atoms with Crippen LogP contribution in [0.25, 0.3) is 0 Å². The van der Waals surface area contributed by atoms with Gasteiger partial charge in [0.05, 0.1) is 25.9 Å². The highest BCUT2D eigenvalue weighted by molar-refractivity contribution is 5.13. The maximum absolute atomic E-state index is 6.05. The Morgan fingerprint density at radius 3 is 2.70 bits per heavy atom. The third kappa shape index (κ3) is 4.30. The fraction of sp³-hybridized carbons (Fsp3) is 0.647. The average Bonchev–Trinajstić information content (AvgIpc) is 2.42.